The van der Waals surface area contributed by atoms with Crippen molar-refractivity contribution >= 4 is 6.09 Å². The van der Waals surface area contributed by atoms with Crippen molar-refractivity contribution in [3.8, 4) is 17.9 Å². The molecule has 0 radical (unpaired) electrons. The second kappa shape index (κ2) is 8.26. The van der Waals surface area contributed by atoms with Crippen LogP contribution < -0.4 is 5.32 Å². The van der Waals surface area contributed by atoms with Gasteiger partial charge in [0.2, 0.25) is 0 Å². The lowest BCUT2D eigenvalue weighted by Gasteiger charge is -2.04. The topological polar surface area (TPSA) is 62.1 Å². The predicted molar refractivity (Wildman–Crippen MR) is 87.4 cm³/mol. The van der Waals surface area contributed by atoms with Gasteiger partial charge in [-0.15, -0.1) is 0 Å². The Hall–Kier alpha value is -3.24. The molecule has 4 nitrogen and oxygen atoms in total. The van der Waals surface area contributed by atoms with E-state index in [2.05, 4.69) is 23.2 Å². The molecule has 2 aromatic carbocycles. The summed E-state index contributed by atoms with van der Waals surface area (Å²) in [5.41, 5.74) is 3.11. The van der Waals surface area contributed by atoms with Crippen molar-refractivity contribution in [1.82, 2.24) is 5.32 Å². The number of nitriles is 1. The normalized spacial score (nSPS) is 9.22. The van der Waals surface area contributed by atoms with E-state index in [9.17, 15) is 4.79 Å². The van der Waals surface area contributed by atoms with E-state index in [4.69, 9.17) is 10.00 Å². The number of carbonyl (C=O) groups excluding carboxylic acids is 1. The van der Waals surface area contributed by atoms with Crippen molar-refractivity contribution in [2.24, 2.45) is 0 Å². The molecule has 0 heterocycles. The maximum absolute atomic E-state index is 11.5. The van der Waals surface area contributed by atoms with Crippen molar-refractivity contribution in [3.63, 3.8) is 0 Å². The first kappa shape index (κ1) is 16.1. The van der Waals surface area contributed by atoms with Crippen LogP contribution in [0.3, 0.4) is 0 Å². The minimum absolute atomic E-state index is 0.159. The van der Waals surface area contributed by atoms with E-state index in [1.54, 1.807) is 12.1 Å². The van der Waals surface area contributed by atoms with E-state index < -0.39 is 6.09 Å². The van der Waals surface area contributed by atoms with Gasteiger partial charge in [0.25, 0.3) is 0 Å². The fourth-order valence-electron chi connectivity index (χ4n) is 1.89. The highest BCUT2D eigenvalue weighted by Gasteiger charge is 2.01. The summed E-state index contributed by atoms with van der Waals surface area (Å²) in [6.45, 7) is 2.30. The van der Waals surface area contributed by atoms with Crippen LogP contribution in [0.2, 0.25) is 0 Å². The zero-order valence-electron chi connectivity index (χ0n) is 12.8. The third-order valence-corrected chi connectivity index (χ3v) is 3.05. The molecule has 2 rings (SSSR count). The molecule has 1 N–H and O–H groups in total. The van der Waals surface area contributed by atoms with Gasteiger partial charge in [0.1, 0.15) is 12.7 Å². The number of hydrogen-bond acceptors (Lipinski definition) is 3. The van der Waals surface area contributed by atoms with Crippen LogP contribution in [0, 0.1) is 30.1 Å². The molecule has 0 saturated heterocycles. The lowest BCUT2D eigenvalue weighted by Crippen LogP contribution is -2.24. The van der Waals surface area contributed by atoms with Crippen LogP contribution in [0.25, 0.3) is 0 Å². The number of carbonyl (C=O) groups is 1. The molecular formula is C19H16N2O2. The second-order valence-electron chi connectivity index (χ2n) is 4.88. The molecule has 23 heavy (non-hydrogen) atoms. The number of nitrogens with zero attached hydrogens (tertiary/aromatic N) is 1. The number of amides is 1. The first-order chi connectivity index (χ1) is 11.2. The van der Waals surface area contributed by atoms with Crippen molar-refractivity contribution in [2.75, 3.05) is 6.54 Å². The molecule has 0 aliphatic heterocycles. The minimum Gasteiger partial charge on any atom is -0.445 e. The summed E-state index contributed by atoms with van der Waals surface area (Å²) >= 11 is 0. The molecular weight excluding hydrogens is 288 g/mol. The number of aryl methyl sites for hydroxylation is 1. The van der Waals surface area contributed by atoms with Crippen LogP contribution in [0.1, 0.15) is 22.3 Å². The summed E-state index contributed by atoms with van der Waals surface area (Å²) in [5.74, 6) is 5.69. The fraction of sp³-hybridized carbons (Fsp3) is 0.158. The third-order valence-electron chi connectivity index (χ3n) is 3.05. The molecule has 0 aromatic heterocycles. The molecule has 4 heteroatoms. The van der Waals surface area contributed by atoms with Crippen molar-refractivity contribution in [2.45, 2.75) is 13.5 Å². The SMILES string of the molecule is Cc1ccc(C#CCNC(=O)OCc2ccccc2)c(C#N)c1. The molecule has 0 aliphatic carbocycles. The van der Waals surface area contributed by atoms with Crippen LogP contribution in [0.4, 0.5) is 4.79 Å². The minimum atomic E-state index is -0.521. The van der Waals surface area contributed by atoms with Gasteiger partial charge in [-0.3, -0.25) is 0 Å². The second-order valence-corrected chi connectivity index (χ2v) is 4.88. The van der Waals surface area contributed by atoms with Crippen molar-refractivity contribution in [3.05, 3.63) is 70.8 Å². The van der Waals surface area contributed by atoms with E-state index in [1.807, 2.05) is 43.3 Å². The Labute approximate surface area is 135 Å². The Balaban J connectivity index is 1.81. The monoisotopic (exact) mass is 304 g/mol. The van der Waals surface area contributed by atoms with E-state index >= 15 is 0 Å². The number of hydrogen-bond donors (Lipinski definition) is 1. The van der Waals surface area contributed by atoms with Gasteiger partial charge < -0.3 is 10.1 Å². The number of rotatable bonds is 3. The summed E-state index contributed by atoms with van der Waals surface area (Å²) in [4.78, 5) is 11.5. The zero-order chi connectivity index (χ0) is 16.5. The number of nitrogens with one attached hydrogen (secondary N) is 1. The first-order valence-corrected chi connectivity index (χ1v) is 7.13. The summed E-state index contributed by atoms with van der Waals surface area (Å²) in [5, 5.41) is 11.6. The molecule has 0 fully saturated rings. The molecule has 0 bridgehead atoms. The number of alkyl carbamates (subject to hydrolysis) is 1. The Morgan fingerprint density at radius 1 is 1.17 bits per heavy atom. The van der Waals surface area contributed by atoms with Gasteiger partial charge in [0.15, 0.2) is 0 Å². The predicted octanol–water partition coefficient (Wildman–Crippen LogP) is 3.14. The Kier molecular flexibility index (Phi) is 5.80. The van der Waals surface area contributed by atoms with E-state index in [-0.39, 0.29) is 13.2 Å². The van der Waals surface area contributed by atoms with Gasteiger partial charge in [-0.05, 0) is 30.2 Å². The Morgan fingerprint density at radius 2 is 1.96 bits per heavy atom. The van der Waals surface area contributed by atoms with Gasteiger partial charge in [-0.25, -0.2) is 4.79 Å². The van der Waals surface area contributed by atoms with Crippen LogP contribution in [0.5, 0.6) is 0 Å². The van der Waals surface area contributed by atoms with Gasteiger partial charge in [0.05, 0.1) is 12.1 Å². The van der Waals surface area contributed by atoms with E-state index in [0.29, 0.717) is 11.1 Å². The van der Waals surface area contributed by atoms with Gasteiger partial charge in [-0.2, -0.15) is 5.26 Å². The number of benzene rings is 2. The average molecular weight is 304 g/mol. The lowest BCUT2D eigenvalue weighted by molar-refractivity contribution is 0.141. The first-order valence-electron chi connectivity index (χ1n) is 7.13. The highest BCUT2D eigenvalue weighted by molar-refractivity contribution is 5.67. The van der Waals surface area contributed by atoms with Gasteiger partial charge >= 0.3 is 6.09 Å². The summed E-state index contributed by atoms with van der Waals surface area (Å²) < 4.78 is 5.07. The molecule has 0 unspecified atom stereocenters. The molecule has 1 amide bonds. The standard InChI is InChI=1S/C19H16N2O2/c1-15-9-10-17(18(12-15)13-20)8-5-11-21-19(22)23-14-16-6-3-2-4-7-16/h2-4,6-7,9-10,12H,11,14H2,1H3,(H,21,22). The Bertz CT molecular complexity index is 780. The number of ether oxygens (including phenoxy) is 1. The maximum atomic E-state index is 11.5. The largest absolute Gasteiger partial charge is 0.445 e. The van der Waals surface area contributed by atoms with Crippen LogP contribution >= 0.6 is 0 Å². The fourth-order valence-corrected chi connectivity index (χ4v) is 1.89. The average Bonchev–Trinajstić information content (AvgIpc) is 2.58. The van der Waals surface area contributed by atoms with Gasteiger partial charge in [-0.1, -0.05) is 48.2 Å². The molecule has 114 valence electrons. The summed E-state index contributed by atoms with van der Waals surface area (Å²) in [6, 6.07) is 17.0. The highest BCUT2D eigenvalue weighted by Crippen LogP contribution is 2.09. The summed E-state index contributed by atoms with van der Waals surface area (Å²) in [6.07, 6.45) is -0.521. The van der Waals surface area contributed by atoms with Crippen molar-refractivity contribution < 1.29 is 9.53 Å². The summed E-state index contributed by atoms with van der Waals surface area (Å²) in [7, 11) is 0. The smallest absolute Gasteiger partial charge is 0.408 e. The maximum Gasteiger partial charge on any atom is 0.408 e. The molecule has 2 aromatic rings. The van der Waals surface area contributed by atoms with E-state index in [1.165, 1.54) is 0 Å². The van der Waals surface area contributed by atoms with Crippen LogP contribution in [-0.2, 0) is 11.3 Å². The quantitative estimate of drug-likeness (QED) is 0.886. The molecule has 0 spiro atoms. The van der Waals surface area contributed by atoms with Gasteiger partial charge in [0, 0.05) is 5.56 Å². The molecule has 0 aliphatic rings. The highest BCUT2D eigenvalue weighted by atomic mass is 16.5. The van der Waals surface area contributed by atoms with E-state index in [0.717, 1.165) is 11.1 Å². The Morgan fingerprint density at radius 3 is 2.70 bits per heavy atom. The molecule has 0 atom stereocenters. The van der Waals surface area contributed by atoms with Crippen LogP contribution in [-0.4, -0.2) is 12.6 Å². The zero-order valence-corrected chi connectivity index (χ0v) is 12.8. The van der Waals surface area contributed by atoms with Crippen molar-refractivity contribution in [1.29, 1.82) is 5.26 Å². The lowest BCUT2D eigenvalue weighted by atomic mass is 10.1. The molecule has 0 saturated carbocycles. The third kappa shape index (κ3) is 5.22. The van der Waals surface area contributed by atoms with Crippen LogP contribution in [0.15, 0.2) is 48.5 Å².